The van der Waals surface area contributed by atoms with Crippen molar-refractivity contribution in [1.82, 2.24) is 0 Å². The second-order valence-corrected chi connectivity index (χ2v) is 4.84. The van der Waals surface area contributed by atoms with Gasteiger partial charge in [0.2, 0.25) is 0 Å². The molecule has 3 heteroatoms. The Kier molecular flexibility index (Phi) is 2.39. The summed E-state index contributed by atoms with van der Waals surface area (Å²) in [7, 11) is 0. The SMILES string of the molecule is NCC1(c2c(Cl)cccc2Br)CC1. The molecule has 0 bridgehead atoms. The average molecular weight is 261 g/mol. The molecular formula is C10H11BrClN. The minimum Gasteiger partial charge on any atom is -0.330 e. The van der Waals surface area contributed by atoms with E-state index in [2.05, 4.69) is 15.9 Å². The monoisotopic (exact) mass is 259 g/mol. The predicted octanol–water partition coefficient (Wildman–Crippen LogP) is 3.09. The van der Waals surface area contributed by atoms with Gasteiger partial charge in [0.1, 0.15) is 0 Å². The number of hydrogen-bond donors (Lipinski definition) is 1. The van der Waals surface area contributed by atoms with E-state index in [4.69, 9.17) is 17.3 Å². The van der Waals surface area contributed by atoms with Crippen LogP contribution in [0.4, 0.5) is 0 Å². The molecule has 0 spiro atoms. The molecule has 1 aromatic rings. The van der Waals surface area contributed by atoms with Crippen molar-refractivity contribution < 1.29 is 0 Å². The Morgan fingerprint density at radius 3 is 2.62 bits per heavy atom. The molecule has 1 aliphatic carbocycles. The zero-order valence-electron chi connectivity index (χ0n) is 7.19. The Labute approximate surface area is 91.4 Å². The third kappa shape index (κ3) is 1.51. The van der Waals surface area contributed by atoms with Crippen LogP contribution in [0, 0.1) is 0 Å². The lowest BCUT2D eigenvalue weighted by atomic mass is 9.96. The van der Waals surface area contributed by atoms with E-state index in [1.165, 1.54) is 5.56 Å². The molecule has 0 saturated heterocycles. The van der Waals surface area contributed by atoms with Crippen molar-refractivity contribution in [3.63, 3.8) is 0 Å². The van der Waals surface area contributed by atoms with E-state index in [1.807, 2.05) is 18.2 Å². The Bertz CT molecular complexity index is 313. The fourth-order valence-corrected chi connectivity index (χ4v) is 2.99. The molecule has 0 amide bonds. The van der Waals surface area contributed by atoms with Gasteiger partial charge in [-0.1, -0.05) is 33.6 Å². The summed E-state index contributed by atoms with van der Waals surface area (Å²) in [5.41, 5.74) is 7.12. The van der Waals surface area contributed by atoms with Crippen molar-refractivity contribution in [2.75, 3.05) is 6.54 Å². The molecule has 0 heterocycles. The van der Waals surface area contributed by atoms with Gasteiger partial charge in [0, 0.05) is 21.5 Å². The first-order valence-electron chi connectivity index (χ1n) is 4.34. The quantitative estimate of drug-likeness (QED) is 0.869. The van der Waals surface area contributed by atoms with E-state index >= 15 is 0 Å². The minimum absolute atomic E-state index is 0.164. The molecule has 2 rings (SSSR count). The zero-order valence-corrected chi connectivity index (χ0v) is 9.53. The highest BCUT2D eigenvalue weighted by molar-refractivity contribution is 9.10. The summed E-state index contributed by atoms with van der Waals surface area (Å²) >= 11 is 9.67. The van der Waals surface area contributed by atoms with Crippen LogP contribution in [0.3, 0.4) is 0 Å². The van der Waals surface area contributed by atoms with Gasteiger partial charge in [-0.05, 0) is 30.5 Å². The number of nitrogens with two attached hydrogens (primary N) is 1. The third-order valence-corrected chi connectivity index (χ3v) is 3.71. The molecule has 1 nitrogen and oxygen atoms in total. The highest BCUT2D eigenvalue weighted by atomic mass is 79.9. The lowest BCUT2D eigenvalue weighted by Gasteiger charge is -2.16. The van der Waals surface area contributed by atoms with E-state index < -0.39 is 0 Å². The molecule has 0 unspecified atom stereocenters. The molecule has 1 fully saturated rings. The first kappa shape index (κ1) is 9.50. The highest BCUT2D eigenvalue weighted by Crippen LogP contribution is 2.51. The highest BCUT2D eigenvalue weighted by Gasteiger charge is 2.45. The smallest absolute Gasteiger partial charge is 0.0455 e. The van der Waals surface area contributed by atoms with E-state index in [0.29, 0.717) is 6.54 Å². The van der Waals surface area contributed by atoms with Crippen LogP contribution in [-0.2, 0) is 5.41 Å². The largest absolute Gasteiger partial charge is 0.330 e. The predicted molar refractivity (Wildman–Crippen MR) is 59.1 cm³/mol. The first-order valence-corrected chi connectivity index (χ1v) is 5.51. The molecule has 2 N–H and O–H groups in total. The molecule has 0 aliphatic heterocycles. The standard InChI is InChI=1S/C10H11BrClN/c11-7-2-1-3-8(12)9(7)10(6-13)4-5-10/h1-3H,4-6,13H2. The van der Waals surface area contributed by atoms with Crippen molar-refractivity contribution >= 4 is 27.5 Å². The molecule has 0 aromatic heterocycles. The van der Waals surface area contributed by atoms with Gasteiger partial charge in [-0.15, -0.1) is 0 Å². The van der Waals surface area contributed by atoms with Crippen molar-refractivity contribution in [3.8, 4) is 0 Å². The van der Waals surface area contributed by atoms with Gasteiger partial charge in [0.15, 0.2) is 0 Å². The molecular weight excluding hydrogens is 249 g/mol. The van der Waals surface area contributed by atoms with E-state index in [9.17, 15) is 0 Å². The van der Waals surface area contributed by atoms with Crippen LogP contribution in [0.2, 0.25) is 5.02 Å². The van der Waals surface area contributed by atoms with E-state index in [0.717, 1.165) is 22.3 Å². The maximum atomic E-state index is 6.15. The lowest BCUT2D eigenvalue weighted by molar-refractivity contribution is 0.701. The van der Waals surface area contributed by atoms with Gasteiger partial charge in [-0.3, -0.25) is 0 Å². The summed E-state index contributed by atoms with van der Waals surface area (Å²) in [4.78, 5) is 0. The van der Waals surface area contributed by atoms with Crippen molar-refractivity contribution in [2.45, 2.75) is 18.3 Å². The van der Waals surface area contributed by atoms with Gasteiger partial charge in [-0.2, -0.15) is 0 Å². The lowest BCUT2D eigenvalue weighted by Crippen LogP contribution is -2.20. The maximum absolute atomic E-state index is 6.15. The summed E-state index contributed by atoms with van der Waals surface area (Å²) in [5.74, 6) is 0. The Hall–Kier alpha value is -0.0500. The number of benzene rings is 1. The minimum atomic E-state index is 0.164. The Balaban J connectivity index is 2.50. The number of hydrogen-bond acceptors (Lipinski definition) is 1. The van der Waals surface area contributed by atoms with Gasteiger partial charge in [0.25, 0.3) is 0 Å². The van der Waals surface area contributed by atoms with Crippen LogP contribution in [-0.4, -0.2) is 6.54 Å². The summed E-state index contributed by atoms with van der Waals surface area (Å²) in [6.45, 7) is 0.690. The fraction of sp³-hybridized carbons (Fsp3) is 0.400. The van der Waals surface area contributed by atoms with Crippen LogP contribution in [0.25, 0.3) is 0 Å². The molecule has 1 aliphatic rings. The van der Waals surface area contributed by atoms with Crippen molar-refractivity contribution in [2.24, 2.45) is 5.73 Å². The summed E-state index contributed by atoms with van der Waals surface area (Å²) < 4.78 is 1.09. The summed E-state index contributed by atoms with van der Waals surface area (Å²) in [5, 5.41) is 0.831. The molecule has 70 valence electrons. The van der Waals surface area contributed by atoms with Gasteiger partial charge in [-0.25, -0.2) is 0 Å². The van der Waals surface area contributed by atoms with E-state index in [1.54, 1.807) is 0 Å². The molecule has 0 radical (unpaired) electrons. The number of rotatable bonds is 2. The summed E-state index contributed by atoms with van der Waals surface area (Å²) in [6.07, 6.45) is 2.32. The van der Waals surface area contributed by atoms with Crippen LogP contribution in [0.5, 0.6) is 0 Å². The van der Waals surface area contributed by atoms with Crippen LogP contribution >= 0.6 is 27.5 Å². The second kappa shape index (κ2) is 3.26. The Morgan fingerprint density at radius 2 is 2.15 bits per heavy atom. The van der Waals surface area contributed by atoms with Crippen molar-refractivity contribution in [1.29, 1.82) is 0 Å². The first-order chi connectivity index (χ1) is 6.19. The molecule has 1 aromatic carbocycles. The zero-order chi connectivity index (χ0) is 9.47. The number of halogens is 2. The maximum Gasteiger partial charge on any atom is 0.0455 e. The van der Waals surface area contributed by atoms with E-state index in [-0.39, 0.29) is 5.41 Å². The normalized spacial score (nSPS) is 18.7. The van der Waals surface area contributed by atoms with Crippen LogP contribution < -0.4 is 5.73 Å². The Morgan fingerprint density at radius 1 is 1.46 bits per heavy atom. The van der Waals surface area contributed by atoms with Gasteiger partial charge < -0.3 is 5.73 Å². The molecule has 0 atom stereocenters. The molecule has 13 heavy (non-hydrogen) atoms. The van der Waals surface area contributed by atoms with Crippen molar-refractivity contribution in [3.05, 3.63) is 33.3 Å². The van der Waals surface area contributed by atoms with Crippen LogP contribution in [0.15, 0.2) is 22.7 Å². The average Bonchev–Trinajstić information content (AvgIpc) is 2.85. The molecule has 1 saturated carbocycles. The van der Waals surface area contributed by atoms with Gasteiger partial charge >= 0.3 is 0 Å². The van der Waals surface area contributed by atoms with Gasteiger partial charge in [0.05, 0.1) is 0 Å². The van der Waals surface area contributed by atoms with Crippen LogP contribution in [0.1, 0.15) is 18.4 Å². The second-order valence-electron chi connectivity index (χ2n) is 3.58. The summed E-state index contributed by atoms with van der Waals surface area (Å²) in [6, 6.07) is 5.90. The topological polar surface area (TPSA) is 26.0 Å². The third-order valence-electron chi connectivity index (χ3n) is 2.74. The fourth-order valence-electron chi connectivity index (χ4n) is 1.71.